The van der Waals surface area contributed by atoms with E-state index >= 15 is 0 Å². The fourth-order valence-electron chi connectivity index (χ4n) is 2.93. The van der Waals surface area contributed by atoms with E-state index in [9.17, 15) is 14.0 Å². The number of rotatable bonds is 4. The average Bonchev–Trinajstić information content (AvgIpc) is 2.97. The number of methoxy groups -OCH3 is 1. The predicted octanol–water partition coefficient (Wildman–Crippen LogP) is 2.44. The largest absolute Gasteiger partial charge is 0.494 e. The standard InChI is InChI=1S/C17H23FN2O3/c1-11(2)20(14-5-6-16(23-4)15(18)9-14)17(22)13-7-8-19(10-13)12(3)21/h5-6,9,11,13H,7-8,10H2,1-4H3. The van der Waals surface area contributed by atoms with E-state index < -0.39 is 5.82 Å². The van der Waals surface area contributed by atoms with Gasteiger partial charge in [-0.2, -0.15) is 0 Å². The van der Waals surface area contributed by atoms with Crippen LogP contribution in [0.5, 0.6) is 5.75 Å². The molecule has 0 N–H and O–H groups in total. The highest BCUT2D eigenvalue weighted by atomic mass is 19.1. The van der Waals surface area contributed by atoms with Crippen molar-refractivity contribution in [1.82, 2.24) is 4.90 Å². The predicted molar refractivity (Wildman–Crippen MR) is 85.9 cm³/mol. The molecule has 0 radical (unpaired) electrons. The van der Waals surface area contributed by atoms with Crippen molar-refractivity contribution < 1.29 is 18.7 Å². The number of nitrogens with zero attached hydrogens (tertiary/aromatic N) is 2. The minimum absolute atomic E-state index is 0.0214. The molecule has 0 spiro atoms. The van der Waals surface area contributed by atoms with Crippen LogP contribution in [-0.4, -0.2) is 43.0 Å². The smallest absolute Gasteiger partial charge is 0.232 e. The molecule has 1 aromatic carbocycles. The second-order valence-corrected chi connectivity index (χ2v) is 6.07. The van der Waals surface area contributed by atoms with Gasteiger partial charge in [0.2, 0.25) is 11.8 Å². The molecule has 1 atom stereocenters. The first kappa shape index (κ1) is 17.2. The van der Waals surface area contributed by atoms with Crippen molar-refractivity contribution in [3.8, 4) is 5.75 Å². The van der Waals surface area contributed by atoms with Gasteiger partial charge in [-0.05, 0) is 32.4 Å². The second-order valence-electron chi connectivity index (χ2n) is 6.07. The third kappa shape index (κ3) is 3.63. The summed E-state index contributed by atoms with van der Waals surface area (Å²) in [7, 11) is 1.40. The average molecular weight is 322 g/mol. The molecule has 23 heavy (non-hydrogen) atoms. The number of carbonyl (C=O) groups excluding carboxylic acids is 2. The van der Waals surface area contributed by atoms with Crippen molar-refractivity contribution in [3.63, 3.8) is 0 Å². The molecule has 2 rings (SSSR count). The summed E-state index contributed by atoms with van der Waals surface area (Å²) in [5, 5.41) is 0. The van der Waals surface area contributed by atoms with E-state index in [0.29, 0.717) is 25.2 Å². The van der Waals surface area contributed by atoms with Gasteiger partial charge in [0.1, 0.15) is 0 Å². The molecular weight excluding hydrogens is 299 g/mol. The Morgan fingerprint density at radius 1 is 1.39 bits per heavy atom. The lowest BCUT2D eigenvalue weighted by molar-refractivity contribution is -0.128. The Bertz CT molecular complexity index is 604. The third-order valence-corrected chi connectivity index (χ3v) is 4.15. The van der Waals surface area contributed by atoms with Gasteiger partial charge in [0.25, 0.3) is 0 Å². The molecule has 1 heterocycles. The van der Waals surface area contributed by atoms with E-state index in [1.165, 1.54) is 26.2 Å². The van der Waals surface area contributed by atoms with Crippen LogP contribution in [0.2, 0.25) is 0 Å². The van der Waals surface area contributed by atoms with Crippen LogP contribution in [0.25, 0.3) is 0 Å². The van der Waals surface area contributed by atoms with Gasteiger partial charge >= 0.3 is 0 Å². The van der Waals surface area contributed by atoms with E-state index in [1.54, 1.807) is 15.9 Å². The number of hydrogen-bond acceptors (Lipinski definition) is 3. The van der Waals surface area contributed by atoms with E-state index in [2.05, 4.69) is 0 Å². The van der Waals surface area contributed by atoms with Crippen LogP contribution in [-0.2, 0) is 9.59 Å². The van der Waals surface area contributed by atoms with Crippen molar-refractivity contribution in [2.24, 2.45) is 5.92 Å². The van der Waals surface area contributed by atoms with E-state index in [0.717, 1.165) is 0 Å². The quantitative estimate of drug-likeness (QED) is 0.855. The lowest BCUT2D eigenvalue weighted by Crippen LogP contribution is -2.42. The molecule has 126 valence electrons. The summed E-state index contributed by atoms with van der Waals surface area (Å²) in [5.41, 5.74) is 0.504. The molecule has 1 saturated heterocycles. The molecule has 5 nitrogen and oxygen atoms in total. The van der Waals surface area contributed by atoms with Gasteiger partial charge in [-0.1, -0.05) is 0 Å². The first-order chi connectivity index (χ1) is 10.8. The summed E-state index contributed by atoms with van der Waals surface area (Å²) in [6.07, 6.45) is 0.639. The van der Waals surface area contributed by atoms with Gasteiger partial charge in [-0.25, -0.2) is 4.39 Å². The molecule has 2 amide bonds. The molecule has 6 heteroatoms. The van der Waals surface area contributed by atoms with E-state index in [4.69, 9.17) is 4.74 Å². The van der Waals surface area contributed by atoms with Crippen LogP contribution in [0, 0.1) is 11.7 Å². The van der Waals surface area contributed by atoms with E-state index in [1.807, 2.05) is 13.8 Å². The van der Waals surface area contributed by atoms with Gasteiger partial charge < -0.3 is 14.5 Å². The Balaban J connectivity index is 2.23. The molecule has 1 fully saturated rings. The molecule has 0 saturated carbocycles. The Labute approximate surface area is 136 Å². The van der Waals surface area contributed by atoms with Crippen LogP contribution in [0.3, 0.4) is 0 Å². The van der Waals surface area contributed by atoms with Gasteiger partial charge in [-0.3, -0.25) is 9.59 Å². The van der Waals surface area contributed by atoms with Crippen LogP contribution in [0.1, 0.15) is 27.2 Å². The van der Waals surface area contributed by atoms with Crippen molar-refractivity contribution in [1.29, 1.82) is 0 Å². The van der Waals surface area contributed by atoms with Gasteiger partial charge in [-0.15, -0.1) is 0 Å². The number of amides is 2. The second kappa shape index (κ2) is 6.98. The topological polar surface area (TPSA) is 49.9 Å². The van der Waals surface area contributed by atoms with Gasteiger partial charge in [0, 0.05) is 37.8 Å². The Hall–Kier alpha value is -2.11. The summed E-state index contributed by atoms with van der Waals surface area (Å²) < 4.78 is 18.9. The first-order valence-corrected chi connectivity index (χ1v) is 7.77. The Kier molecular flexibility index (Phi) is 5.23. The minimum atomic E-state index is -0.500. The normalized spacial score (nSPS) is 17.5. The third-order valence-electron chi connectivity index (χ3n) is 4.15. The van der Waals surface area contributed by atoms with Crippen LogP contribution >= 0.6 is 0 Å². The number of likely N-dealkylation sites (tertiary alicyclic amines) is 1. The summed E-state index contributed by atoms with van der Waals surface area (Å²) in [6.45, 7) is 6.30. The SMILES string of the molecule is COc1ccc(N(C(=O)C2CCN(C(C)=O)C2)C(C)C)cc1F. The molecule has 0 aliphatic carbocycles. The zero-order chi connectivity index (χ0) is 17.1. The number of carbonyl (C=O) groups is 2. The highest BCUT2D eigenvalue weighted by Crippen LogP contribution is 2.28. The Morgan fingerprint density at radius 2 is 2.09 bits per heavy atom. The Morgan fingerprint density at radius 3 is 2.57 bits per heavy atom. The molecule has 1 aromatic rings. The maximum Gasteiger partial charge on any atom is 0.232 e. The summed E-state index contributed by atoms with van der Waals surface area (Å²) in [6, 6.07) is 4.40. The monoisotopic (exact) mass is 322 g/mol. The number of ether oxygens (including phenoxy) is 1. The highest BCUT2D eigenvalue weighted by molar-refractivity contribution is 5.96. The van der Waals surface area contributed by atoms with Crippen molar-refractivity contribution in [2.75, 3.05) is 25.1 Å². The minimum Gasteiger partial charge on any atom is -0.494 e. The zero-order valence-electron chi connectivity index (χ0n) is 14.0. The van der Waals surface area contributed by atoms with Crippen LogP contribution in [0.4, 0.5) is 10.1 Å². The van der Waals surface area contributed by atoms with Crippen molar-refractivity contribution >= 4 is 17.5 Å². The van der Waals surface area contributed by atoms with Crippen LogP contribution < -0.4 is 9.64 Å². The highest BCUT2D eigenvalue weighted by Gasteiger charge is 2.34. The summed E-state index contributed by atoms with van der Waals surface area (Å²) >= 11 is 0. The van der Waals surface area contributed by atoms with Gasteiger partial charge in [0.05, 0.1) is 13.0 Å². The van der Waals surface area contributed by atoms with Crippen molar-refractivity contribution in [3.05, 3.63) is 24.0 Å². The molecular formula is C17H23FN2O3. The molecule has 0 aromatic heterocycles. The summed E-state index contributed by atoms with van der Waals surface area (Å²) in [4.78, 5) is 27.6. The number of hydrogen-bond donors (Lipinski definition) is 0. The van der Waals surface area contributed by atoms with E-state index in [-0.39, 0.29) is 29.5 Å². The lowest BCUT2D eigenvalue weighted by Gasteiger charge is -2.29. The maximum absolute atomic E-state index is 14.0. The zero-order valence-corrected chi connectivity index (χ0v) is 14.0. The first-order valence-electron chi connectivity index (χ1n) is 7.77. The molecule has 1 unspecified atom stereocenters. The molecule has 1 aliphatic rings. The van der Waals surface area contributed by atoms with Crippen molar-refractivity contribution in [2.45, 2.75) is 33.2 Å². The molecule has 1 aliphatic heterocycles. The maximum atomic E-state index is 14.0. The molecule has 0 bridgehead atoms. The number of halogens is 1. The number of anilines is 1. The summed E-state index contributed by atoms with van der Waals surface area (Å²) in [5.74, 6) is -0.694. The fraction of sp³-hybridized carbons (Fsp3) is 0.529. The van der Waals surface area contributed by atoms with Crippen LogP contribution in [0.15, 0.2) is 18.2 Å². The van der Waals surface area contributed by atoms with Gasteiger partial charge in [0.15, 0.2) is 11.6 Å². The lowest BCUT2D eigenvalue weighted by atomic mass is 10.1. The number of benzene rings is 1. The fourth-order valence-corrected chi connectivity index (χ4v) is 2.93.